The number of ketones is 4. The van der Waals surface area contributed by atoms with Crippen molar-refractivity contribution >= 4 is 60.0 Å². The molecule has 0 amide bonds. The third-order valence-electron chi connectivity index (χ3n) is 26.8. The Morgan fingerprint density at radius 3 is 0.574 bits per heavy atom. The number of unbranched alkanes of at least 4 members (excludes halogenated alkanes) is 44. The maximum atomic E-state index is 17.6. The van der Waals surface area contributed by atoms with Crippen molar-refractivity contribution in [2.45, 2.75) is 473 Å². The van der Waals surface area contributed by atoms with Gasteiger partial charge in [0.05, 0.1) is 11.5 Å². The molecule has 6 N–H and O–H groups in total. The SMILES string of the molecule is CCCCCCCC/C=C\CCCCCCCC(=O)[C@](O)([C@@](O)(C(=O)CCCCCCC/C=C\CCCCCCCC)[C@@](O)(C(=O)CCCCCCC/C=C\CCCCCCCC)C(O)[Si](c1ccccc1)(c1ccccc1)C(C)(C)C)[C@@](O)(C(=O)CCCCCCC/C=C\CCCCCCCC)C(O)[Si](c1ccccc1)(c1ccccc1)C(C)(C)C. The van der Waals surface area contributed by atoms with E-state index in [1.54, 1.807) is 0 Å². The normalized spacial score (nSPS) is 15.1. The lowest BCUT2D eigenvalue weighted by Crippen LogP contribution is -2.93. The van der Waals surface area contributed by atoms with E-state index in [0.717, 1.165) is 116 Å². The number of allylic oxidation sites excluding steroid dienone is 8. The average molecular weight is 1720 g/mol. The van der Waals surface area contributed by atoms with E-state index in [2.05, 4.69) is 76.3 Å². The van der Waals surface area contributed by atoms with Crippen LogP contribution >= 0.6 is 0 Å². The number of carbonyl (C=O) groups is 4. The standard InChI is InChI=1S/C110H178O10Si2/c1-11-15-19-23-27-31-35-39-43-47-51-55-59-63-79-91-99(111)107(117,103(115)121(105(5,6)7,95-83-71-67-72-84-95)96-85-73-68-74-86-96)109(119,101(113)93-81-65-61-57-53-49-45-41-37-33-29-25-21-17-13-3)110(120,102(114)94-82-66-62-58-54-50-46-42-38-34-30-26-22-18-14-4)108(118,100(112)92-80-64-60-56-52-48-44-40-36-32-28-24-20-16-12-2)104(116)122(106(8,9)10,97-87-75-69-76-88-97)98-89-77-70-78-90-98/h39-46,67-78,83-90,103-104,115-120H,11-38,47-66,79-82,91-94H2,1-10H3/b43-39-,44-40-,45-41-,46-42-/t103?,104?,107-,108-,109-,110-/m1/s1. The quantitative estimate of drug-likeness (QED) is 0.0141. The molecular formula is C110H178O10Si2. The minimum atomic E-state index is -4.58. The first-order valence-electron chi connectivity index (χ1n) is 50.1. The fourth-order valence-corrected chi connectivity index (χ4v) is 31.5. The van der Waals surface area contributed by atoms with Gasteiger partial charge in [-0.3, -0.25) is 19.2 Å². The van der Waals surface area contributed by atoms with Crippen LogP contribution in [0.2, 0.25) is 10.1 Å². The second-order valence-corrected chi connectivity index (χ2v) is 48.0. The number of Topliss-reactive ketones (excluding diaryl/α,β-unsaturated/α-hetero) is 4. The molecule has 122 heavy (non-hydrogen) atoms. The zero-order chi connectivity index (χ0) is 89.2. The Labute approximate surface area is 747 Å². The van der Waals surface area contributed by atoms with Gasteiger partial charge in [0.1, 0.15) is 0 Å². The van der Waals surface area contributed by atoms with Gasteiger partial charge in [-0.2, -0.15) is 0 Å². The number of aliphatic hydroxyl groups is 6. The molecule has 0 fully saturated rings. The molecule has 0 aliphatic rings. The highest BCUT2D eigenvalue weighted by atomic mass is 28.3. The number of rotatable bonds is 75. The number of hydrogen-bond acceptors (Lipinski definition) is 10. The van der Waals surface area contributed by atoms with E-state index in [1.807, 2.05) is 163 Å². The van der Waals surface area contributed by atoms with Gasteiger partial charge in [-0.25, -0.2) is 0 Å². The van der Waals surface area contributed by atoms with Gasteiger partial charge >= 0.3 is 0 Å². The molecule has 0 saturated heterocycles. The number of benzene rings is 4. The van der Waals surface area contributed by atoms with E-state index in [0.29, 0.717) is 72.1 Å². The molecule has 0 radical (unpaired) electrons. The van der Waals surface area contributed by atoms with Gasteiger partial charge < -0.3 is 30.6 Å². The Hall–Kier alpha value is -5.29. The van der Waals surface area contributed by atoms with Crippen LogP contribution in [0.25, 0.3) is 0 Å². The Kier molecular flexibility index (Phi) is 55.4. The molecule has 0 spiro atoms. The zero-order valence-corrected chi connectivity index (χ0v) is 81.2. The van der Waals surface area contributed by atoms with Crippen molar-refractivity contribution in [1.29, 1.82) is 0 Å². The van der Waals surface area contributed by atoms with Crippen LogP contribution in [0.15, 0.2) is 170 Å². The van der Waals surface area contributed by atoms with Crippen LogP contribution < -0.4 is 20.7 Å². The van der Waals surface area contributed by atoms with Crippen molar-refractivity contribution in [1.82, 2.24) is 0 Å². The van der Waals surface area contributed by atoms with E-state index in [1.165, 1.54) is 141 Å². The molecule has 12 heteroatoms. The Bertz CT molecular complexity index is 3180. The fraction of sp³-hybridized carbons (Fsp3) is 0.673. The van der Waals surface area contributed by atoms with Crippen LogP contribution in [0.3, 0.4) is 0 Å². The molecule has 4 aromatic carbocycles. The van der Waals surface area contributed by atoms with Gasteiger partial charge in [-0.05, 0) is 138 Å². The van der Waals surface area contributed by atoms with Crippen LogP contribution in [0.1, 0.15) is 429 Å². The third-order valence-corrected chi connectivity index (χ3v) is 39.0. The van der Waals surface area contributed by atoms with Gasteiger partial charge in [0, 0.05) is 25.7 Å². The summed E-state index contributed by atoms with van der Waals surface area (Å²) in [6, 6.07) is 36.5. The lowest BCUT2D eigenvalue weighted by molar-refractivity contribution is -0.283. The summed E-state index contributed by atoms with van der Waals surface area (Å²) >= 11 is 0. The van der Waals surface area contributed by atoms with Crippen molar-refractivity contribution in [2.24, 2.45) is 0 Å². The molecule has 0 aliphatic heterocycles. The van der Waals surface area contributed by atoms with Crippen LogP contribution in [0.4, 0.5) is 0 Å². The number of carbonyl (C=O) groups excluding carboxylic acids is 4. The van der Waals surface area contributed by atoms with E-state index < -0.39 is 109 Å². The molecule has 4 rings (SSSR count). The Morgan fingerprint density at radius 2 is 0.402 bits per heavy atom. The zero-order valence-electron chi connectivity index (χ0n) is 79.2. The highest BCUT2D eigenvalue weighted by Crippen LogP contribution is 2.55. The van der Waals surface area contributed by atoms with Gasteiger partial charge in [-0.15, -0.1) is 0 Å². The van der Waals surface area contributed by atoms with Crippen LogP contribution in [-0.4, -0.2) is 104 Å². The molecule has 686 valence electrons. The molecule has 6 atom stereocenters. The van der Waals surface area contributed by atoms with E-state index in [-0.39, 0.29) is 25.7 Å². The van der Waals surface area contributed by atoms with Crippen molar-refractivity contribution < 1.29 is 49.8 Å². The van der Waals surface area contributed by atoms with Gasteiger partial charge in [0.2, 0.25) is 11.2 Å². The summed E-state index contributed by atoms with van der Waals surface area (Å²) in [5.41, 5.74) is -21.5. The molecule has 0 bridgehead atoms. The summed E-state index contributed by atoms with van der Waals surface area (Å²) in [5, 5.41) is 93.1. The minimum absolute atomic E-state index is 0.0416. The second kappa shape index (κ2) is 62.0. The summed E-state index contributed by atoms with van der Waals surface area (Å²) in [6.07, 6.45) is 64.8. The topological polar surface area (TPSA) is 190 Å². The number of aliphatic hydroxyl groups excluding tert-OH is 2. The largest absolute Gasteiger partial charge is 0.392 e. The smallest absolute Gasteiger partial charge is 0.200 e. The summed E-state index contributed by atoms with van der Waals surface area (Å²) < 4.78 is 0. The molecule has 2 unspecified atom stereocenters. The minimum Gasteiger partial charge on any atom is -0.392 e. The first kappa shape index (κ1) is 109. The molecule has 10 nitrogen and oxygen atoms in total. The van der Waals surface area contributed by atoms with Crippen molar-refractivity contribution in [2.75, 3.05) is 0 Å². The Balaban J connectivity index is 2.15. The summed E-state index contributed by atoms with van der Waals surface area (Å²) in [7, 11) is -9.16. The summed E-state index contributed by atoms with van der Waals surface area (Å²) in [4.78, 5) is 69.8. The lowest BCUT2D eigenvalue weighted by Gasteiger charge is -2.62. The van der Waals surface area contributed by atoms with Crippen LogP contribution in [0.5, 0.6) is 0 Å². The van der Waals surface area contributed by atoms with E-state index in [9.17, 15) is 0 Å². The van der Waals surface area contributed by atoms with Crippen molar-refractivity contribution in [3.05, 3.63) is 170 Å². The second-order valence-electron chi connectivity index (χ2n) is 38.4. The molecule has 0 saturated carbocycles. The van der Waals surface area contributed by atoms with Gasteiger partial charge in [0.15, 0.2) is 50.5 Å². The molecule has 4 aromatic rings. The maximum Gasteiger partial charge on any atom is 0.200 e. The van der Waals surface area contributed by atoms with Crippen LogP contribution in [0, 0.1) is 0 Å². The van der Waals surface area contributed by atoms with E-state index >= 15 is 49.8 Å². The molecule has 0 aliphatic carbocycles. The van der Waals surface area contributed by atoms with Gasteiger partial charge in [-0.1, -0.05) is 465 Å². The monoisotopic (exact) mass is 1720 g/mol. The number of hydrogen-bond donors (Lipinski definition) is 6. The van der Waals surface area contributed by atoms with Gasteiger partial charge in [0.25, 0.3) is 0 Å². The molecule has 0 aromatic heterocycles. The summed E-state index contributed by atoms with van der Waals surface area (Å²) in [6.45, 7) is 20.4. The van der Waals surface area contributed by atoms with Crippen LogP contribution in [-0.2, 0) is 19.2 Å². The molecule has 0 heterocycles. The maximum absolute atomic E-state index is 17.6. The average Bonchev–Trinajstić information content (AvgIpc) is 0.664. The fourth-order valence-electron chi connectivity index (χ4n) is 19.6. The van der Waals surface area contributed by atoms with E-state index in [4.69, 9.17) is 0 Å². The highest BCUT2D eigenvalue weighted by Gasteiger charge is 2.84. The van der Waals surface area contributed by atoms with Crippen molar-refractivity contribution in [3.63, 3.8) is 0 Å². The first-order valence-corrected chi connectivity index (χ1v) is 54.3. The molecular weight excluding hydrogens is 1540 g/mol. The third kappa shape index (κ3) is 33.1. The van der Waals surface area contributed by atoms with Crippen molar-refractivity contribution in [3.8, 4) is 0 Å². The lowest BCUT2D eigenvalue weighted by atomic mass is 9.56. The predicted octanol–water partition coefficient (Wildman–Crippen LogP) is 26.3. The highest BCUT2D eigenvalue weighted by molar-refractivity contribution is 7.06. The predicted molar refractivity (Wildman–Crippen MR) is 525 cm³/mol. The first-order chi connectivity index (χ1) is 58.9. The summed E-state index contributed by atoms with van der Waals surface area (Å²) in [5.74, 6) is -5.19. The Morgan fingerprint density at radius 1 is 0.246 bits per heavy atom.